The summed E-state index contributed by atoms with van der Waals surface area (Å²) in [4.78, 5) is 20.2. The Kier molecular flexibility index (Phi) is 7.02. The van der Waals surface area contributed by atoms with Gasteiger partial charge in [0.2, 0.25) is 5.78 Å². The molecule has 0 N–H and O–H groups in total. The summed E-state index contributed by atoms with van der Waals surface area (Å²) in [5.41, 5.74) is 9.80. The second kappa shape index (κ2) is 12.0. The number of aromatic nitrogens is 7. The van der Waals surface area contributed by atoms with Gasteiger partial charge >= 0.3 is 0 Å². The number of benzene rings is 5. The van der Waals surface area contributed by atoms with Gasteiger partial charge in [0.15, 0.2) is 23.1 Å². The third-order valence-electron chi connectivity index (χ3n) is 9.00. The highest BCUT2D eigenvalue weighted by Gasteiger charge is 2.24. The molecule has 238 valence electrons. The number of fused-ring (bicyclic) bond motifs is 7. The van der Waals surface area contributed by atoms with Crippen LogP contribution >= 0.6 is 0 Å². The Labute approximate surface area is 288 Å². The molecule has 9 aromatic rings. The monoisotopic (exact) mass is 645 g/mol. The van der Waals surface area contributed by atoms with Crippen LogP contribution in [0.4, 0.5) is 0 Å². The van der Waals surface area contributed by atoms with Crippen molar-refractivity contribution in [2.24, 2.45) is 0 Å². The zero-order valence-corrected chi connectivity index (χ0v) is 27.3. The molecule has 4 aromatic heterocycles. The van der Waals surface area contributed by atoms with Gasteiger partial charge in [-0.15, -0.1) is 0 Å². The Morgan fingerprint density at radius 1 is 0.600 bits per heavy atom. The first-order valence-electron chi connectivity index (χ1n) is 16.6. The van der Waals surface area contributed by atoms with Crippen LogP contribution in [0, 0.1) is 0 Å². The number of nitrogens with zero attached hydrogens (tertiary/aromatic N) is 7. The second-order valence-electron chi connectivity index (χ2n) is 12.0. The second-order valence-corrected chi connectivity index (χ2v) is 12.0. The van der Waals surface area contributed by atoms with E-state index in [4.69, 9.17) is 19.9 Å². The minimum atomic E-state index is 0.562. The summed E-state index contributed by atoms with van der Waals surface area (Å²) >= 11 is 0. The van der Waals surface area contributed by atoms with Crippen LogP contribution in [0.1, 0.15) is 12.7 Å². The Morgan fingerprint density at radius 2 is 1.24 bits per heavy atom. The molecule has 0 saturated heterocycles. The minimum Gasteiger partial charge on any atom is -0.294 e. The van der Waals surface area contributed by atoms with Crippen molar-refractivity contribution >= 4 is 44.5 Å². The highest BCUT2D eigenvalue weighted by molar-refractivity contribution is 6.09. The minimum absolute atomic E-state index is 0.562. The highest BCUT2D eigenvalue weighted by Crippen LogP contribution is 2.37. The average molecular weight is 646 g/mol. The molecule has 0 bridgehead atoms. The predicted molar refractivity (Wildman–Crippen MR) is 204 cm³/mol. The van der Waals surface area contributed by atoms with E-state index in [9.17, 15) is 0 Å². The van der Waals surface area contributed by atoms with Crippen LogP contribution < -0.4 is 0 Å². The van der Waals surface area contributed by atoms with Crippen LogP contribution in [-0.2, 0) is 0 Å². The van der Waals surface area contributed by atoms with Crippen molar-refractivity contribution in [3.63, 3.8) is 0 Å². The lowest BCUT2D eigenvalue weighted by molar-refractivity contribution is 1.03. The van der Waals surface area contributed by atoms with E-state index in [2.05, 4.69) is 117 Å². The van der Waals surface area contributed by atoms with Gasteiger partial charge in [0, 0.05) is 33.5 Å². The fourth-order valence-corrected chi connectivity index (χ4v) is 6.75. The molecule has 4 heterocycles. The highest BCUT2D eigenvalue weighted by atomic mass is 15.3. The van der Waals surface area contributed by atoms with Crippen molar-refractivity contribution in [3.05, 3.63) is 170 Å². The molecule has 0 radical (unpaired) electrons. The van der Waals surface area contributed by atoms with Gasteiger partial charge in [-0.05, 0) is 49.4 Å². The smallest absolute Gasteiger partial charge is 0.221 e. The molecule has 5 aromatic carbocycles. The molecule has 0 aliphatic carbocycles. The van der Waals surface area contributed by atoms with E-state index in [1.54, 1.807) is 6.08 Å². The van der Waals surface area contributed by atoms with Crippen molar-refractivity contribution in [1.29, 1.82) is 0 Å². The zero-order chi connectivity index (χ0) is 33.6. The van der Waals surface area contributed by atoms with E-state index in [1.165, 1.54) is 0 Å². The first kappa shape index (κ1) is 29.3. The first-order chi connectivity index (χ1) is 24.7. The van der Waals surface area contributed by atoms with Gasteiger partial charge in [-0.1, -0.05) is 122 Å². The van der Waals surface area contributed by atoms with Crippen molar-refractivity contribution in [2.75, 3.05) is 0 Å². The molecule has 0 amide bonds. The van der Waals surface area contributed by atoms with Crippen molar-refractivity contribution < 1.29 is 0 Å². The summed E-state index contributed by atoms with van der Waals surface area (Å²) in [7, 11) is 0. The summed E-state index contributed by atoms with van der Waals surface area (Å²) in [6, 6.07) is 45.8. The summed E-state index contributed by atoms with van der Waals surface area (Å²) in [6.07, 6.45) is 7.69. The summed E-state index contributed by atoms with van der Waals surface area (Å²) in [6.45, 7) is 6.03. The SMILES string of the molecule is C=C/C(=C\C=C/C)c1nc(-c2ccccc2)nc(-c2cccc(-n3c4ccccc4c4nc5n(-c6ccccc6)c6ccccc6n5c43)c2)n1. The third-order valence-corrected chi connectivity index (χ3v) is 9.00. The maximum Gasteiger partial charge on any atom is 0.221 e. The molecule has 9 rings (SSSR count). The number of rotatable bonds is 7. The van der Waals surface area contributed by atoms with Crippen LogP contribution in [0.15, 0.2) is 164 Å². The Hall–Kier alpha value is -6.86. The van der Waals surface area contributed by atoms with Crippen molar-refractivity contribution in [1.82, 2.24) is 33.5 Å². The van der Waals surface area contributed by atoms with Gasteiger partial charge in [0.05, 0.1) is 16.6 Å². The summed E-state index contributed by atoms with van der Waals surface area (Å²) in [5.74, 6) is 2.60. The van der Waals surface area contributed by atoms with E-state index >= 15 is 0 Å². The fourth-order valence-electron chi connectivity index (χ4n) is 6.75. The first-order valence-corrected chi connectivity index (χ1v) is 16.6. The van der Waals surface area contributed by atoms with Crippen molar-refractivity contribution in [2.45, 2.75) is 6.92 Å². The maximum atomic E-state index is 5.34. The standard InChI is InChI=1S/C43H31N7/c1-3-5-17-29(4-2)39-45-40(30-18-8-6-9-19-30)47-41(46-39)31-20-16-23-33(28-31)48-35-25-13-12-24-34(35)38-42(48)50-37-27-15-14-26-36(37)49(43(50)44-38)32-21-10-7-11-22-32/h3-28H,2H2,1H3/b5-3-,29-17+. The van der Waals surface area contributed by atoms with Crippen LogP contribution in [0.25, 0.3) is 78.6 Å². The molecule has 7 nitrogen and oxygen atoms in total. The van der Waals surface area contributed by atoms with E-state index in [0.29, 0.717) is 17.5 Å². The molecule has 7 heteroatoms. The Balaban J connectivity index is 1.31. The molecule has 0 fully saturated rings. The number of imidazole rings is 2. The van der Waals surface area contributed by atoms with Crippen LogP contribution in [-0.4, -0.2) is 33.5 Å². The molecule has 50 heavy (non-hydrogen) atoms. The molecule has 0 aliphatic heterocycles. The van der Waals surface area contributed by atoms with Gasteiger partial charge in [-0.3, -0.25) is 13.5 Å². The zero-order valence-electron chi connectivity index (χ0n) is 27.3. The quantitative estimate of drug-likeness (QED) is 0.162. The lowest BCUT2D eigenvalue weighted by Gasteiger charge is -2.11. The lowest BCUT2D eigenvalue weighted by Crippen LogP contribution is -2.03. The normalized spacial score (nSPS) is 12.2. The lowest BCUT2D eigenvalue weighted by atomic mass is 10.1. The summed E-state index contributed by atoms with van der Waals surface area (Å²) in [5, 5.41) is 1.08. The van der Waals surface area contributed by atoms with E-state index in [1.807, 2.05) is 61.5 Å². The number of hydrogen-bond donors (Lipinski definition) is 0. The molecule has 0 saturated carbocycles. The van der Waals surface area contributed by atoms with Crippen molar-refractivity contribution in [3.8, 4) is 34.2 Å². The Morgan fingerprint density at radius 3 is 2.00 bits per heavy atom. The molecule has 0 atom stereocenters. The van der Waals surface area contributed by atoms with E-state index in [-0.39, 0.29) is 0 Å². The van der Waals surface area contributed by atoms with Gasteiger partial charge < -0.3 is 0 Å². The average Bonchev–Trinajstić information content (AvgIpc) is 3.81. The summed E-state index contributed by atoms with van der Waals surface area (Å²) < 4.78 is 6.82. The van der Waals surface area contributed by atoms with Gasteiger partial charge in [-0.2, -0.15) is 0 Å². The Bertz CT molecular complexity index is 2780. The molecule has 0 aliphatic rings. The molecule has 0 unspecified atom stereocenters. The van der Waals surface area contributed by atoms with Crippen LogP contribution in [0.3, 0.4) is 0 Å². The van der Waals surface area contributed by atoms with Crippen LogP contribution in [0.2, 0.25) is 0 Å². The van der Waals surface area contributed by atoms with Gasteiger partial charge in [-0.25, -0.2) is 19.9 Å². The molecular formula is C43H31N7. The number of allylic oxidation sites excluding steroid dienone is 5. The largest absolute Gasteiger partial charge is 0.294 e. The maximum absolute atomic E-state index is 5.34. The topological polar surface area (TPSA) is 65.8 Å². The number of para-hydroxylation sites is 4. The number of hydrogen-bond acceptors (Lipinski definition) is 4. The molecule has 0 spiro atoms. The fraction of sp³-hybridized carbons (Fsp3) is 0.0233. The predicted octanol–water partition coefficient (Wildman–Crippen LogP) is 10.0. The third kappa shape index (κ3) is 4.67. The molecular weight excluding hydrogens is 615 g/mol. The van der Waals surface area contributed by atoms with E-state index in [0.717, 1.165) is 67.0 Å². The van der Waals surface area contributed by atoms with Gasteiger partial charge in [0.25, 0.3) is 0 Å². The van der Waals surface area contributed by atoms with Gasteiger partial charge in [0.1, 0.15) is 5.52 Å². The van der Waals surface area contributed by atoms with E-state index < -0.39 is 0 Å². The van der Waals surface area contributed by atoms with Crippen LogP contribution in [0.5, 0.6) is 0 Å².